The lowest BCUT2D eigenvalue weighted by atomic mass is 9.87. The molecule has 3 N–H and O–H groups in total. The van der Waals surface area contributed by atoms with Gasteiger partial charge in [0.1, 0.15) is 0 Å². The molecular formula is C21H27N5O2S. The molecule has 0 unspecified atom stereocenters. The number of nitrogens with two attached hydrogens (primary N) is 1. The van der Waals surface area contributed by atoms with E-state index < -0.39 is 10.0 Å². The van der Waals surface area contributed by atoms with Crippen molar-refractivity contribution in [3.8, 4) is 6.19 Å². The van der Waals surface area contributed by atoms with E-state index in [1.807, 2.05) is 12.1 Å². The van der Waals surface area contributed by atoms with E-state index >= 15 is 0 Å². The van der Waals surface area contributed by atoms with Crippen LogP contribution in [0.25, 0.3) is 0 Å². The van der Waals surface area contributed by atoms with Crippen molar-refractivity contribution in [1.29, 1.82) is 5.26 Å². The maximum atomic E-state index is 11.2. The summed E-state index contributed by atoms with van der Waals surface area (Å²) in [5.41, 5.74) is 9.58. The molecule has 0 saturated carbocycles. The summed E-state index contributed by atoms with van der Waals surface area (Å²) in [6.07, 6.45) is 3.16. The first kappa shape index (κ1) is 22.2. The number of rotatable bonds is 6. The lowest BCUT2D eigenvalue weighted by Gasteiger charge is -2.20. The third kappa shape index (κ3) is 7.12. The average Bonchev–Trinajstić information content (AvgIpc) is 2.63. The number of hydrogen-bond acceptors (Lipinski definition) is 4. The second-order valence-electron chi connectivity index (χ2n) is 7.88. The van der Waals surface area contributed by atoms with Crippen molar-refractivity contribution in [3.63, 3.8) is 0 Å². The molecule has 0 aromatic heterocycles. The molecule has 2 aromatic rings. The molecule has 0 aliphatic heterocycles. The van der Waals surface area contributed by atoms with Crippen molar-refractivity contribution in [2.75, 3.05) is 11.0 Å². The number of benzene rings is 2. The van der Waals surface area contributed by atoms with Crippen LogP contribution >= 0.6 is 0 Å². The van der Waals surface area contributed by atoms with E-state index in [9.17, 15) is 13.7 Å². The second-order valence-corrected chi connectivity index (χ2v) is 9.63. The Morgan fingerprint density at radius 1 is 1.10 bits per heavy atom. The van der Waals surface area contributed by atoms with Crippen LogP contribution < -0.4 is 10.5 Å². The Morgan fingerprint density at radius 3 is 2.14 bits per heavy atom. The fraction of sp³-hybridized carbons (Fsp3) is 0.333. The van der Waals surface area contributed by atoms with Gasteiger partial charge >= 0.3 is 0 Å². The summed E-state index contributed by atoms with van der Waals surface area (Å²) in [5.74, 6) is 0.130. The maximum absolute atomic E-state index is 11.2. The smallest absolute Gasteiger partial charge is 0.229 e. The lowest BCUT2D eigenvalue weighted by Crippen LogP contribution is -2.33. The SMILES string of the molecule is CC(C)(C)c1ccc(CN(C#N)C(N)=NCc2ccc(NS(C)(=O)=O)cc2)cc1. The van der Waals surface area contributed by atoms with Gasteiger partial charge in [0.25, 0.3) is 0 Å². The highest BCUT2D eigenvalue weighted by atomic mass is 32.2. The van der Waals surface area contributed by atoms with E-state index in [4.69, 9.17) is 5.73 Å². The van der Waals surface area contributed by atoms with Crippen molar-refractivity contribution < 1.29 is 8.42 Å². The van der Waals surface area contributed by atoms with Gasteiger partial charge in [0.2, 0.25) is 16.0 Å². The van der Waals surface area contributed by atoms with Crippen molar-refractivity contribution in [3.05, 3.63) is 65.2 Å². The average molecular weight is 414 g/mol. The normalized spacial score (nSPS) is 12.3. The Hall–Kier alpha value is -3.05. The zero-order chi connectivity index (χ0) is 21.7. The first-order chi connectivity index (χ1) is 13.5. The summed E-state index contributed by atoms with van der Waals surface area (Å²) in [6, 6.07) is 14.9. The predicted octanol–water partition coefficient (Wildman–Crippen LogP) is 3.15. The molecule has 0 atom stereocenters. The molecule has 0 aliphatic carbocycles. The van der Waals surface area contributed by atoms with E-state index in [-0.39, 0.29) is 17.9 Å². The molecule has 0 heterocycles. The molecule has 7 nitrogen and oxygen atoms in total. The molecule has 154 valence electrons. The second kappa shape index (κ2) is 8.97. The molecule has 2 rings (SSSR count). The fourth-order valence-electron chi connectivity index (χ4n) is 2.61. The molecule has 0 amide bonds. The highest BCUT2D eigenvalue weighted by molar-refractivity contribution is 7.92. The number of hydrogen-bond donors (Lipinski definition) is 2. The van der Waals surface area contributed by atoms with Crippen molar-refractivity contribution >= 4 is 21.7 Å². The quantitative estimate of drug-likeness (QED) is 0.327. The molecule has 0 fully saturated rings. The van der Waals surface area contributed by atoms with Crippen LogP contribution in [0, 0.1) is 11.5 Å². The molecule has 8 heteroatoms. The number of sulfonamides is 1. The van der Waals surface area contributed by atoms with Gasteiger partial charge in [0.05, 0.1) is 19.3 Å². The Balaban J connectivity index is 2.02. The summed E-state index contributed by atoms with van der Waals surface area (Å²) < 4.78 is 24.9. The number of guanidine groups is 1. The zero-order valence-electron chi connectivity index (χ0n) is 17.2. The van der Waals surface area contributed by atoms with E-state index in [1.165, 1.54) is 10.5 Å². The largest absolute Gasteiger partial charge is 0.369 e. The van der Waals surface area contributed by atoms with Gasteiger partial charge in [-0.3, -0.25) is 4.72 Å². The van der Waals surface area contributed by atoms with Crippen LogP contribution in [0.4, 0.5) is 5.69 Å². The standard InChI is InChI=1S/C21H27N5O2S/c1-21(2,3)18-9-5-17(6-10-18)14-26(15-22)20(23)24-13-16-7-11-19(12-8-16)25-29(4,27)28/h5-12,25H,13-14H2,1-4H3,(H2,23,24). The van der Waals surface area contributed by atoms with Gasteiger partial charge in [-0.1, -0.05) is 57.2 Å². The van der Waals surface area contributed by atoms with Gasteiger partial charge in [-0.25, -0.2) is 18.3 Å². The molecule has 0 spiro atoms. The van der Waals surface area contributed by atoms with Gasteiger partial charge in [-0.2, -0.15) is 5.26 Å². The Bertz CT molecular complexity index is 999. The lowest BCUT2D eigenvalue weighted by molar-refractivity contribution is 0.558. The van der Waals surface area contributed by atoms with Gasteiger partial charge in [0, 0.05) is 5.69 Å². The minimum Gasteiger partial charge on any atom is -0.369 e. The summed E-state index contributed by atoms with van der Waals surface area (Å²) in [6.45, 7) is 7.08. The first-order valence-corrected chi connectivity index (χ1v) is 11.0. The van der Waals surface area contributed by atoms with Crippen LogP contribution in [-0.2, 0) is 28.5 Å². The van der Waals surface area contributed by atoms with Gasteiger partial charge in [0.15, 0.2) is 6.19 Å². The van der Waals surface area contributed by atoms with Gasteiger partial charge < -0.3 is 5.73 Å². The monoisotopic (exact) mass is 413 g/mol. The molecule has 29 heavy (non-hydrogen) atoms. The molecule has 0 aliphatic rings. The van der Waals surface area contributed by atoms with E-state index in [0.29, 0.717) is 12.2 Å². The fourth-order valence-corrected chi connectivity index (χ4v) is 3.17. The maximum Gasteiger partial charge on any atom is 0.229 e. The number of anilines is 1. The predicted molar refractivity (Wildman–Crippen MR) is 117 cm³/mol. The van der Waals surface area contributed by atoms with Crippen LogP contribution in [0.1, 0.15) is 37.5 Å². The van der Waals surface area contributed by atoms with E-state index in [1.54, 1.807) is 24.3 Å². The van der Waals surface area contributed by atoms with Crippen LogP contribution in [0.3, 0.4) is 0 Å². The minimum absolute atomic E-state index is 0.0698. The topological polar surface area (TPSA) is 112 Å². The third-order valence-electron chi connectivity index (χ3n) is 4.24. The molecular weight excluding hydrogens is 386 g/mol. The minimum atomic E-state index is -3.31. The molecule has 2 aromatic carbocycles. The van der Waals surface area contributed by atoms with Crippen LogP contribution in [0.2, 0.25) is 0 Å². The summed E-state index contributed by atoms with van der Waals surface area (Å²) in [5, 5.41) is 9.43. The first-order valence-electron chi connectivity index (χ1n) is 9.11. The number of nitriles is 1. The Kier molecular flexibility index (Phi) is 6.88. The number of aliphatic imine (C=N–C) groups is 1. The van der Waals surface area contributed by atoms with Crippen molar-refractivity contribution in [2.45, 2.75) is 39.3 Å². The van der Waals surface area contributed by atoms with Gasteiger partial charge in [-0.15, -0.1) is 0 Å². The highest BCUT2D eigenvalue weighted by Crippen LogP contribution is 2.22. The Labute approximate surface area is 172 Å². The molecule has 0 saturated heterocycles. The summed E-state index contributed by atoms with van der Waals surface area (Å²) >= 11 is 0. The Morgan fingerprint density at radius 2 is 1.66 bits per heavy atom. The summed E-state index contributed by atoms with van der Waals surface area (Å²) in [7, 11) is -3.31. The molecule has 0 bridgehead atoms. The number of nitrogens with one attached hydrogen (secondary N) is 1. The van der Waals surface area contributed by atoms with Crippen LogP contribution in [-0.4, -0.2) is 25.5 Å². The van der Waals surface area contributed by atoms with Gasteiger partial charge in [-0.05, 0) is 34.2 Å². The van der Waals surface area contributed by atoms with E-state index in [0.717, 1.165) is 17.4 Å². The third-order valence-corrected chi connectivity index (χ3v) is 4.85. The number of nitrogens with zero attached hydrogens (tertiary/aromatic N) is 3. The van der Waals surface area contributed by atoms with E-state index in [2.05, 4.69) is 48.8 Å². The summed E-state index contributed by atoms with van der Waals surface area (Å²) in [4.78, 5) is 5.62. The van der Waals surface area contributed by atoms with Crippen molar-refractivity contribution in [1.82, 2.24) is 4.90 Å². The van der Waals surface area contributed by atoms with Crippen molar-refractivity contribution in [2.24, 2.45) is 10.7 Å². The molecule has 0 radical (unpaired) electrons. The van der Waals surface area contributed by atoms with Crippen LogP contribution in [0.15, 0.2) is 53.5 Å². The zero-order valence-corrected chi connectivity index (χ0v) is 18.0. The van der Waals surface area contributed by atoms with Crippen LogP contribution in [0.5, 0.6) is 0 Å². The highest BCUT2D eigenvalue weighted by Gasteiger charge is 2.14.